The van der Waals surface area contributed by atoms with Crippen molar-refractivity contribution < 1.29 is 14.4 Å². The second-order valence-electron chi connectivity index (χ2n) is 7.24. The van der Waals surface area contributed by atoms with Crippen molar-refractivity contribution >= 4 is 29.6 Å². The molecule has 1 saturated carbocycles. The molecule has 2 saturated heterocycles. The normalized spacial score (nSPS) is 33.6. The van der Waals surface area contributed by atoms with E-state index in [1.807, 2.05) is 11.8 Å². The number of thioether (sulfide) groups is 1. The molecule has 3 aliphatic rings. The van der Waals surface area contributed by atoms with Crippen LogP contribution in [0, 0.1) is 5.92 Å². The Bertz CT molecular complexity index is 511. The van der Waals surface area contributed by atoms with Gasteiger partial charge in [-0.05, 0) is 50.2 Å². The summed E-state index contributed by atoms with van der Waals surface area (Å²) in [4.78, 5) is 38.4. The number of nitrogens with zero attached hydrogens (tertiary/aromatic N) is 1. The minimum absolute atomic E-state index is 0.158. The van der Waals surface area contributed by atoms with Gasteiger partial charge in [0.05, 0.1) is 0 Å². The van der Waals surface area contributed by atoms with Crippen LogP contribution >= 0.6 is 11.8 Å². The van der Waals surface area contributed by atoms with Crippen LogP contribution < -0.4 is 10.6 Å². The molecule has 134 valence electrons. The number of imide groups is 1. The summed E-state index contributed by atoms with van der Waals surface area (Å²) >= 11 is 1.83. The van der Waals surface area contributed by atoms with Crippen LogP contribution in [0.4, 0.5) is 4.79 Å². The van der Waals surface area contributed by atoms with Gasteiger partial charge < -0.3 is 10.6 Å². The molecule has 1 aliphatic carbocycles. The van der Waals surface area contributed by atoms with Gasteiger partial charge in [-0.1, -0.05) is 13.3 Å². The second-order valence-corrected chi connectivity index (χ2v) is 8.39. The molecule has 3 rings (SSSR count). The van der Waals surface area contributed by atoms with E-state index in [9.17, 15) is 14.4 Å². The Morgan fingerprint density at radius 3 is 2.71 bits per heavy atom. The standard InChI is InChI=1S/C17H27N3O3S/c1-2-12-5-7-17(8-6-12)15(22)20(16(23)19-17)10-14(21)18-13-4-3-9-24-11-13/h12-13H,2-11H2,1H3,(H,18,21)(H,19,23). The number of hydrogen-bond acceptors (Lipinski definition) is 4. The first-order valence-electron chi connectivity index (χ1n) is 9.05. The smallest absolute Gasteiger partial charge is 0.325 e. The first kappa shape index (κ1) is 17.6. The van der Waals surface area contributed by atoms with Crippen molar-refractivity contribution in [1.29, 1.82) is 0 Å². The minimum Gasteiger partial charge on any atom is -0.351 e. The Hall–Kier alpha value is -1.24. The molecule has 1 atom stereocenters. The highest BCUT2D eigenvalue weighted by Gasteiger charge is 2.52. The lowest BCUT2D eigenvalue weighted by molar-refractivity contribution is -0.136. The van der Waals surface area contributed by atoms with Crippen LogP contribution in [0.2, 0.25) is 0 Å². The van der Waals surface area contributed by atoms with Crippen LogP contribution in [0.1, 0.15) is 51.9 Å². The van der Waals surface area contributed by atoms with Crippen molar-refractivity contribution in [2.75, 3.05) is 18.1 Å². The van der Waals surface area contributed by atoms with E-state index < -0.39 is 11.6 Å². The van der Waals surface area contributed by atoms with Gasteiger partial charge in [0.15, 0.2) is 0 Å². The Labute approximate surface area is 147 Å². The van der Waals surface area contributed by atoms with Crippen molar-refractivity contribution in [3.63, 3.8) is 0 Å². The van der Waals surface area contributed by atoms with Crippen LogP contribution in [-0.2, 0) is 9.59 Å². The highest BCUT2D eigenvalue weighted by atomic mass is 32.2. The monoisotopic (exact) mass is 353 g/mol. The predicted molar refractivity (Wildman–Crippen MR) is 93.7 cm³/mol. The molecule has 7 heteroatoms. The van der Waals surface area contributed by atoms with Crippen molar-refractivity contribution in [1.82, 2.24) is 15.5 Å². The molecule has 0 bridgehead atoms. The summed E-state index contributed by atoms with van der Waals surface area (Å²) in [6, 6.07) is -0.255. The minimum atomic E-state index is -0.760. The van der Waals surface area contributed by atoms with E-state index in [0.29, 0.717) is 18.8 Å². The Kier molecular flexibility index (Phi) is 5.37. The van der Waals surface area contributed by atoms with Crippen molar-refractivity contribution in [3.05, 3.63) is 0 Å². The molecule has 24 heavy (non-hydrogen) atoms. The summed E-state index contributed by atoms with van der Waals surface area (Å²) in [5.41, 5.74) is -0.760. The number of carbonyl (C=O) groups is 3. The van der Waals surface area contributed by atoms with E-state index in [-0.39, 0.29) is 24.4 Å². The largest absolute Gasteiger partial charge is 0.351 e. The molecule has 2 heterocycles. The van der Waals surface area contributed by atoms with Gasteiger partial charge in [0.2, 0.25) is 5.91 Å². The average Bonchev–Trinajstić information content (AvgIpc) is 2.81. The average molecular weight is 353 g/mol. The summed E-state index contributed by atoms with van der Waals surface area (Å²) in [6.07, 6.45) is 6.48. The van der Waals surface area contributed by atoms with E-state index in [1.54, 1.807) is 0 Å². The van der Waals surface area contributed by atoms with Crippen LogP contribution in [0.3, 0.4) is 0 Å². The molecule has 6 nitrogen and oxygen atoms in total. The van der Waals surface area contributed by atoms with Crippen molar-refractivity contribution in [2.24, 2.45) is 5.92 Å². The van der Waals surface area contributed by atoms with E-state index >= 15 is 0 Å². The first-order chi connectivity index (χ1) is 11.5. The topological polar surface area (TPSA) is 78.5 Å². The second kappa shape index (κ2) is 7.33. The lowest BCUT2D eigenvalue weighted by Crippen LogP contribution is -2.50. The molecule has 2 aliphatic heterocycles. The zero-order chi connectivity index (χ0) is 17.2. The summed E-state index contributed by atoms with van der Waals surface area (Å²) in [5.74, 6) is 2.25. The van der Waals surface area contributed by atoms with Crippen molar-refractivity contribution in [3.8, 4) is 0 Å². The predicted octanol–water partition coefficient (Wildman–Crippen LogP) is 1.89. The Morgan fingerprint density at radius 1 is 1.33 bits per heavy atom. The lowest BCUT2D eigenvalue weighted by atomic mass is 9.75. The van der Waals surface area contributed by atoms with Gasteiger partial charge in [-0.2, -0.15) is 11.8 Å². The van der Waals surface area contributed by atoms with E-state index in [4.69, 9.17) is 0 Å². The highest BCUT2D eigenvalue weighted by molar-refractivity contribution is 7.99. The van der Waals surface area contributed by atoms with Gasteiger partial charge in [-0.25, -0.2) is 4.79 Å². The van der Waals surface area contributed by atoms with Gasteiger partial charge in [-0.3, -0.25) is 14.5 Å². The number of carbonyl (C=O) groups excluding carboxylic acids is 3. The number of nitrogens with one attached hydrogen (secondary N) is 2. The molecule has 1 spiro atoms. The van der Waals surface area contributed by atoms with Crippen molar-refractivity contribution in [2.45, 2.75) is 63.5 Å². The third-order valence-electron chi connectivity index (χ3n) is 5.61. The van der Waals surface area contributed by atoms with E-state index in [2.05, 4.69) is 17.6 Å². The third kappa shape index (κ3) is 3.55. The molecular weight excluding hydrogens is 326 g/mol. The van der Waals surface area contributed by atoms with Crippen LogP contribution in [0.5, 0.6) is 0 Å². The molecule has 1 unspecified atom stereocenters. The number of urea groups is 1. The number of hydrogen-bond donors (Lipinski definition) is 2. The molecule has 3 fully saturated rings. The zero-order valence-electron chi connectivity index (χ0n) is 14.3. The molecular formula is C17H27N3O3S. The van der Waals surface area contributed by atoms with Gasteiger partial charge in [-0.15, -0.1) is 0 Å². The molecule has 4 amide bonds. The van der Waals surface area contributed by atoms with Gasteiger partial charge in [0.25, 0.3) is 5.91 Å². The van der Waals surface area contributed by atoms with E-state index in [1.165, 1.54) is 0 Å². The maximum atomic E-state index is 12.8. The zero-order valence-corrected chi connectivity index (χ0v) is 15.1. The first-order valence-corrected chi connectivity index (χ1v) is 10.2. The summed E-state index contributed by atoms with van der Waals surface area (Å²) in [5, 5.41) is 5.84. The Balaban J connectivity index is 1.57. The van der Waals surface area contributed by atoms with Gasteiger partial charge in [0.1, 0.15) is 12.1 Å². The number of rotatable bonds is 4. The maximum Gasteiger partial charge on any atom is 0.325 e. The van der Waals surface area contributed by atoms with Gasteiger partial charge in [0, 0.05) is 11.8 Å². The van der Waals surface area contributed by atoms with E-state index in [0.717, 1.165) is 48.5 Å². The molecule has 0 aromatic rings. The van der Waals surface area contributed by atoms with Crippen LogP contribution in [0.25, 0.3) is 0 Å². The summed E-state index contributed by atoms with van der Waals surface area (Å²) in [7, 11) is 0. The maximum absolute atomic E-state index is 12.8. The molecule has 0 aromatic heterocycles. The fourth-order valence-corrected chi connectivity index (χ4v) is 5.08. The van der Waals surface area contributed by atoms with Gasteiger partial charge >= 0.3 is 6.03 Å². The third-order valence-corrected chi connectivity index (χ3v) is 6.82. The SMILES string of the molecule is CCC1CCC2(CC1)NC(=O)N(CC(=O)NC1CCCSC1)C2=O. The quantitative estimate of drug-likeness (QED) is 0.757. The number of amides is 4. The molecule has 0 radical (unpaired) electrons. The van der Waals surface area contributed by atoms with Crippen LogP contribution in [0.15, 0.2) is 0 Å². The lowest BCUT2D eigenvalue weighted by Gasteiger charge is -2.34. The Morgan fingerprint density at radius 2 is 2.08 bits per heavy atom. The molecule has 2 N–H and O–H groups in total. The highest BCUT2D eigenvalue weighted by Crippen LogP contribution is 2.37. The van der Waals surface area contributed by atoms with Crippen LogP contribution in [-0.4, -0.2) is 52.4 Å². The fraction of sp³-hybridized carbons (Fsp3) is 0.824. The fourth-order valence-electron chi connectivity index (χ4n) is 4.01. The molecule has 0 aromatic carbocycles. The summed E-state index contributed by atoms with van der Waals surface area (Å²) in [6.45, 7) is 2.00. The summed E-state index contributed by atoms with van der Waals surface area (Å²) < 4.78 is 0.